The predicted molar refractivity (Wildman–Crippen MR) is 78.9 cm³/mol. The maximum atomic E-state index is 9.50. The molecule has 1 heterocycles. The van der Waals surface area contributed by atoms with Crippen LogP contribution < -0.4 is 5.32 Å². The molecular formula is C15H22N2OS. The van der Waals surface area contributed by atoms with Gasteiger partial charge in [0.1, 0.15) is 11.3 Å². The third kappa shape index (κ3) is 4.02. The van der Waals surface area contributed by atoms with Gasteiger partial charge in [-0.1, -0.05) is 6.92 Å². The molecule has 1 aromatic heterocycles. The normalized spacial score (nSPS) is 27.1. The Bertz CT molecular complexity index is 412. The average Bonchev–Trinajstić information content (AvgIpc) is 2.97. The van der Waals surface area contributed by atoms with E-state index in [-0.39, 0.29) is 5.54 Å². The second-order valence-corrected chi connectivity index (χ2v) is 6.52. The zero-order valence-corrected chi connectivity index (χ0v) is 12.3. The number of hydrogen-bond donors (Lipinski definition) is 1. The Kier molecular flexibility index (Phi) is 5.35. The fourth-order valence-corrected chi connectivity index (χ4v) is 3.93. The van der Waals surface area contributed by atoms with Crippen LogP contribution in [0.15, 0.2) is 22.8 Å². The third-order valence-electron chi connectivity index (χ3n) is 3.67. The summed E-state index contributed by atoms with van der Waals surface area (Å²) in [4.78, 5) is 0. The van der Waals surface area contributed by atoms with Gasteiger partial charge in [0.2, 0.25) is 0 Å². The third-order valence-corrected chi connectivity index (χ3v) is 5.00. The van der Waals surface area contributed by atoms with E-state index >= 15 is 0 Å². The molecule has 19 heavy (non-hydrogen) atoms. The molecule has 2 atom stereocenters. The number of hydrogen-bond acceptors (Lipinski definition) is 4. The summed E-state index contributed by atoms with van der Waals surface area (Å²) in [6, 6.07) is 6.47. The van der Waals surface area contributed by atoms with Crippen LogP contribution in [0.25, 0.3) is 0 Å². The van der Waals surface area contributed by atoms with Gasteiger partial charge < -0.3 is 4.42 Å². The van der Waals surface area contributed by atoms with E-state index in [1.54, 1.807) is 6.26 Å². The molecule has 3 nitrogen and oxygen atoms in total. The van der Waals surface area contributed by atoms with Crippen molar-refractivity contribution in [3.63, 3.8) is 0 Å². The van der Waals surface area contributed by atoms with E-state index in [9.17, 15) is 5.26 Å². The van der Waals surface area contributed by atoms with Crippen molar-refractivity contribution in [1.82, 2.24) is 5.32 Å². The molecule has 2 rings (SSSR count). The number of rotatable bonds is 6. The van der Waals surface area contributed by atoms with Crippen molar-refractivity contribution in [1.29, 1.82) is 5.26 Å². The Morgan fingerprint density at radius 2 is 2.53 bits per heavy atom. The van der Waals surface area contributed by atoms with Crippen molar-refractivity contribution in [3.05, 3.63) is 24.2 Å². The quantitative estimate of drug-likeness (QED) is 0.861. The Morgan fingerprint density at radius 1 is 1.63 bits per heavy atom. The Morgan fingerprint density at radius 3 is 3.21 bits per heavy atom. The lowest BCUT2D eigenvalue weighted by atomic mass is 9.82. The fourth-order valence-electron chi connectivity index (χ4n) is 2.63. The van der Waals surface area contributed by atoms with Crippen LogP contribution in [-0.2, 0) is 5.75 Å². The highest BCUT2D eigenvalue weighted by Gasteiger charge is 2.36. The summed E-state index contributed by atoms with van der Waals surface area (Å²) >= 11 is 1.92. The SMILES string of the molecule is CCCNC1(C#N)CCCC(SCc2ccco2)C1. The minimum Gasteiger partial charge on any atom is -0.468 e. The molecule has 1 N–H and O–H groups in total. The highest BCUT2D eigenvalue weighted by Crippen LogP contribution is 2.36. The zero-order valence-electron chi connectivity index (χ0n) is 11.5. The molecule has 0 spiro atoms. The topological polar surface area (TPSA) is 49.0 Å². The first-order valence-electron chi connectivity index (χ1n) is 7.08. The smallest absolute Gasteiger partial charge is 0.113 e. The highest BCUT2D eigenvalue weighted by molar-refractivity contribution is 7.99. The van der Waals surface area contributed by atoms with Gasteiger partial charge in [0.05, 0.1) is 18.1 Å². The Labute approximate surface area is 119 Å². The summed E-state index contributed by atoms with van der Waals surface area (Å²) < 4.78 is 5.37. The molecule has 1 aliphatic carbocycles. The fraction of sp³-hybridized carbons (Fsp3) is 0.667. The van der Waals surface area contributed by atoms with Crippen LogP contribution in [0.2, 0.25) is 0 Å². The standard InChI is InChI=1S/C15H22N2OS/c1-2-8-17-15(12-16)7-3-6-14(10-15)19-11-13-5-4-9-18-13/h4-5,9,14,17H,2-3,6-8,10-11H2,1H3. The first-order valence-corrected chi connectivity index (χ1v) is 8.13. The monoisotopic (exact) mass is 278 g/mol. The number of nitriles is 1. The van der Waals surface area contributed by atoms with Gasteiger partial charge >= 0.3 is 0 Å². The van der Waals surface area contributed by atoms with Gasteiger partial charge in [0.25, 0.3) is 0 Å². The molecule has 1 aliphatic rings. The molecule has 1 aromatic rings. The van der Waals surface area contributed by atoms with Gasteiger partial charge in [-0.05, 0) is 50.8 Å². The van der Waals surface area contributed by atoms with Gasteiger partial charge in [-0.3, -0.25) is 5.32 Å². The summed E-state index contributed by atoms with van der Waals surface area (Å²) in [5.74, 6) is 1.94. The van der Waals surface area contributed by atoms with Gasteiger partial charge in [0, 0.05) is 5.25 Å². The molecule has 4 heteroatoms. The minimum atomic E-state index is -0.297. The van der Waals surface area contributed by atoms with E-state index in [2.05, 4.69) is 18.3 Å². The molecule has 0 aliphatic heterocycles. The van der Waals surface area contributed by atoms with Crippen molar-refractivity contribution >= 4 is 11.8 Å². The van der Waals surface area contributed by atoms with Crippen LogP contribution in [0.3, 0.4) is 0 Å². The van der Waals surface area contributed by atoms with E-state index in [0.29, 0.717) is 5.25 Å². The molecular weight excluding hydrogens is 256 g/mol. The van der Waals surface area contributed by atoms with Crippen LogP contribution in [0.1, 0.15) is 44.8 Å². The lowest BCUT2D eigenvalue weighted by molar-refractivity contribution is 0.304. The van der Waals surface area contributed by atoms with Crippen molar-refractivity contribution in [2.24, 2.45) is 0 Å². The number of nitrogens with zero attached hydrogens (tertiary/aromatic N) is 1. The molecule has 0 amide bonds. The molecule has 104 valence electrons. The van der Waals surface area contributed by atoms with Crippen LogP contribution >= 0.6 is 11.8 Å². The van der Waals surface area contributed by atoms with E-state index in [4.69, 9.17) is 4.42 Å². The maximum Gasteiger partial charge on any atom is 0.113 e. The molecule has 0 bridgehead atoms. The lowest BCUT2D eigenvalue weighted by Crippen LogP contribution is -2.48. The molecule has 0 saturated heterocycles. The van der Waals surface area contributed by atoms with E-state index in [1.165, 1.54) is 6.42 Å². The Hall–Kier alpha value is -0.920. The van der Waals surface area contributed by atoms with Crippen LogP contribution in [0.4, 0.5) is 0 Å². The van der Waals surface area contributed by atoms with Crippen LogP contribution in [0.5, 0.6) is 0 Å². The van der Waals surface area contributed by atoms with Gasteiger partial charge in [0.15, 0.2) is 0 Å². The van der Waals surface area contributed by atoms with Gasteiger partial charge in [-0.25, -0.2) is 0 Å². The second-order valence-electron chi connectivity index (χ2n) is 5.23. The summed E-state index contributed by atoms with van der Waals surface area (Å²) in [7, 11) is 0. The molecule has 0 radical (unpaired) electrons. The summed E-state index contributed by atoms with van der Waals surface area (Å²) in [6.45, 7) is 3.08. The van der Waals surface area contributed by atoms with E-state index in [0.717, 1.165) is 43.7 Å². The molecule has 2 unspecified atom stereocenters. The van der Waals surface area contributed by atoms with Crippen LogP contribution in [-0.4, -0.2) is 17.3 Å². The van der Waals surface area contributed by atoms with Gasteiger partial charge in [-0.15, -0.1) is 0 Å². The molecule has 1 saturated carbocycles. The lowest BCUT2D eigenvalue weighted by Gasteiger charge is -2.36. The van der Waals surface area contributed by atoms with Crippen LogP contribution in [0, 0.1) is 11.3 Å². The van der Waals surface area contributed by atoms with Crippen molar-refractivity contribution in [3.8, 4) is 6.07 Å². The van der Waals surface area contributed by atoms with Crippen molar-refractivity contribution < 1.29 is 4.42 Å². The highest BCUT2D eigenvalue weighted by atomic mass is 32.2. The second kappa shape index (κ2) is 7.02. The van der Waals surface area contributed by atoms with E-state index < -0.39 is 0 Å². The summed E-state index contributed by atoms with van der Waals surface area (Å²) in [6.07, 6.45) is 7.09. The minimum absolute atomic E-state index is 0.297. The van der Waals surface area contributed by atoms with E-state index in [1.807, 2.05) is 23.9 Å². The van der Waals surface area contributed by atoms with Crippen molar-refractivity contribution in [2.75, 3.05) is 6.54 Å². The number of thioether (sulfide) groups is 1. The predicted octanol–water partition coefficient (Wildman–Crippen LogP) is 3.72. The first-order chi connectivity index (χ1) is 9.28. The zero-order chi connectivity index (χ0) is 13.6. The number of nitrogens with one attached hydrogen (secondary N) is 1. The number of furan rings is 1. The first kappa shape index (κ1) is 14.5. The van der Waals surface area contributed by atoms with Gasteiger partial charge in [-0.2, -0.15) is 17.0 Å². The summed E-state index contributed by atoms with van der Waals surface area (Å²) in [5, 5.41) is 13.5. The average molecular weight is 278 g/mol. The van der Waals surface area contributed by atoms with Crippen molar-refractivity contribution in [2.45, 2.75) is 55.6 Å². The maximum absolute atomic E-state index is 9.50. The Balaban J connectivity index is 1.87. The summed E-state index contributed by atoms with van der Waals surface area (Å²) in [5.41, 5.74) is -0.297. The molecule has 1 fully saturated rings. The largest absolute Gasteiger partial charge is 0.468 e. The molecule has 0 aromatic carbocycles.